The molecule has 1 amide bonds. The molecule has 1 aliphatic heterocycles. The van der Waals surface area contributed by atoms with E-state index < -0.39 is 36.4 Å². The number of nitrogen functional groups attached to an aromatic ring is 1. The van der Waals surface area contributed by atoms with Gasteiger partial charge in [-0.15, -0.1) is 0 Å². The van der Waals surface area contributed by atoms with Gasteiger partial charge in [0.25, 0.3) is 5.91 Å². The van der Waals surface area contributed by atoms with Gasteiger partial charge in [0.2, 0.25) is 5.95 Å². The van der Waals surface area contributed by atoms with Crippen LogP contribution in [0.1, 0.15) is 30.7 Å². The third-order valence-electron chi connectivity index (χ3n) is 5.92. The molecule has 4 rings (SSSR count). The Labute approximate surface area is 206 Å². The highest BCUT2D eigenvalue weighted by Crippen LogP contribution is 2.32. The fourth-order valence-electron chi connectivity index (χ4n) is 4.03. The van der Waals surface area contributed by atoms with Gasteiger partial charge in [-0.25, -0.2) is 4.98 Å². The molecule has 0 radical (unpaired) electrons. The lowest BCUT2D eigenvalue weighted by Gasteiger charge is -2.16. The quantitative estimate of drug-likeness (QED) is 0.217. The SMILES string of the molecule is CCNC(=O)[C@H]1O[C@@H](n2cnc3c(N)nc(NCCc4ccc(CCC(=O)O)cc4)nc32)[C@@H](O)C1O. The van der Waals surface area contributed by atoms with Crippen LogP contribution in [0.4, 0.5) is 11.8 Å². The van der Waals surface area contributed by atoms with Crippen molar-refractivity contribution in [3.63, 3.8) is 0 Å². The second kappa shape index (κ2) is 10.8. The van der Waals surface area contributed by atoms with Crippen LogP contribution >= 0.6 is 0 Å². The van der Waals surface area contributed by atoms with E-state index in [4.69, 9.17) is 15.6 Å². The van der Waals surface area contributed by atoms with Crippen molar-refractivity contribution in [1.29, 1.82) is 0 Å². The first-order chi connectivity index (χ1) is 17.3. The van der Waals surface area contributed by atoms with Crippen molar-refractivity contribution in [2.75, 3.05) is 24.1 Å². The molecule has 1 aliphatic rings. The number of aliphatic carboxylic acids is 1. The number of rotatable bonds is 10. The number of carbonyl (C=O) groups excluding carboxylic acids is 1. The Hall–Kier alpha value is -3.81. The van der Waals surface area contributed by atoms with E-state index >= 15 is 0 Å². The molecule has 192 valence electrons. The van der Waals surface area contributed by atoms with Gasteiger partial charge in [0.15, 0.2) is 23.8 Å². The number of ether oxygens (including phenoxy) is 1. The van der Waals surface area contributed by atoms with E-state index in [0.29, 0.717) is 31.4 Å². The molecule has 1 unspecified atom stereocenters. The highest BCUT2D eigenvalue weighted by molar-refractivity contribution is 5.83. The van der Waals surface area contributed by atoms with Crippen LogP contribution in [0.2, 0.25) is 0 Å². The number of aryl methyl sites for hydroxylation is 1. The van der Waals surface area contributed by atoms with Gasteiger partial charge in [-0.05, 0) is 30.9 Å². The molecular weight excluding hydrogens is 470 g/mol. The van der Waals surface area contributed by atoms with E-state index in [-0.39, 0.29) is 23.8 Å². The molecule has 13 heteroatoms. The number of nitrogens with zero attached hydrogens (tertiary/aromatic N) is 4. The average Bonchev–Trinajstić information content (AvgIpc) is 3.40. The highest BCUT2D eigenvalue weighted by Gasteiger charge is 2.47. The lowest BCUT2D eigenvalue weighted by molar-refractivity contribution is -0.138. The summed E-state index contributed by atoms with van der Waals surface area (Å²) in [6, 6.07) is 7.71. The lowest BCUT2D eigenvalue weighted by atomic mass is 10.1. The van der Waals surface area contributed by atoms with Crippen molar-refractivity contribution in [2.24, 2.45) is 0 Å². The molecule has 13 nitrogen and oxygen atoms in total. The van der Waals surface area contributed by atoms with Crippen molar-refractivity contribution in [3.8, 4) is 0 Å². The molecule has 2 aromatic heterocycles. The van der Waals surface area contributed by atoms with E-state index in [2.05, 4.69) is 25.6 Å². The van der Waals surface area contributed by atoms with Crippen molar-refractivity contribution >= 4 is 34.8 Å². The number of aliphatic hydroxyl groups excluding tert-OH is 2. The molecule has 1 fully saturated rings. The maximum Gasteiger partial charge on any atom is 0.303 e. The number of hydrogen-bond donors (Lipinski definition) is 6. The molecule has 36 heavy (non-hydrogen) atoms. The van der Waals surface area contributed by atoms with E-state index in [1.165, 1.54) is 10.9 Å². The van der Waals surface area contributed by atoms with Crippen LogP contribution in [-0.2, 0) is 27.2 Å². The van der Waals surface area contributed by atoms with Crippen LogP contribution in [0, 0.1) is 0 Å². The Bertz CT molecular complexity index is 1230. The Morgan fingerprint density at radius 3 is 2.47 bits per heavy atom. The number of benzene rings is 1. The second-order valence-electron chi connectivity index (χ2n) is 8.47. The molecule has 0 saturated carbocycles. The monoisotopic (exact) mass is 499 g/mol. The van der Waals surface area contributed by atoms with Crippen molar-refractivity contribution in [2.45, 2.75) is 50.7 Å². The number of carbonyl (C=O) groups is 2. The van der Waals surface area contributed by atoms with Gasteiger partial charge in [-0.2, -0.15) is 9.97 Å². The summed E-state index contributed by atoms with van der Waals surface area (Å²) in [5, 5.41) is 35.4. The third kappa shape index (κ3) is 5.37. The number of anilines is 2. The molecule has 1 aromatic carbocycles. The molecule has 3 heterocycles. The first kappa shape index (κ1) is 25.3. The number of likely N-dealkylation sites (N-methyl/N-ethyl adjacent to an activating group) is 1. The minimum absolute atomic E-state index is 0.0905. The number of imidazole rings is 1. The summed E-state index contributed by atoms with van der Waals surface area (Å²) in [6.45, 7) is 2.59. The zero-order valence-electron chi connectivity index (χ0n) is 19.7. The Balaban J connectivity index is 1.45. The molecule has 7 N–H and O–H groups in total. The number of amides is 1. The number of hydrogen-bond acceptors (Lipinski definition) is 10. The zero-order chi connectivity index (χ0) is 25.8. The second-order valence-corrected chi connectivity index (χ2v) is 8.47. The van der Waals surface area contributed by atoms with Gasteiger partial charge in [0.1, 0.15) is 17.7 Å². The first-order valence-corrected chi connectivity index (χ1v) is 11.6. The maximum absolute atomic E-state index is 12.2. The van der Waals surface area contributed by atoms with Crippen LogP contribution < -0.4 is 16.4 Å². The number of aromatic nitrogens is 4. The van der Waals surface area contributed by atoms with Crippen LogP contribution in [0.5, 0.6) is 0 Å². The summed E-state index contributed by atoms with van der Waals surface area (Å²) in [7, 11) is 0. The van der Waals surface area contributed by atoms with E-state index in [1.54, 1.807) is 6.92 Å². The largest absolute Gasteiger partial charge is 0.481 e. The number of fused-ring (bicyclic) bond motifs is 1. The molecular formula is C23H29N7O6. The number of aliphatic hydroxyl groups is 2. The molecule has 1 saturated heterocycles. The summed E-state index contributed by atoms with van der Waals surface area (Å²) in [6.07, 6.45) is -2.56. The van der Waals surface area contributed by atoms with Gasteiger partial charge < -0.3 is 36.4 Å². The smallest absolute Gasteiger partial charge is 0.303 e. The number of nitrogens with two attached hydrogens (primary N) is 1. The molecule has 0 bridgehead atoms. The standard InChI is InChI=1S/C23H29N7O6/c1-2-25-21(35)18-16(33)17(34)22(36-18)30-11-27-15-19(24)28-23(29-20(15)30)26-10-9-13-5-3-12(4-6-13)7-8-14(31)32/h3-6,11,16-18,22,33-34H,2,7-10H2,1H3,(H,25,35)(H,31,32)(H3,24,26,28,29)/t16?,17-,18-,22+/m0/s1. The Morgan fingerprint density at radius 1 is 1.11 bits per heavy atom. The average molecular weight is 500 g/mol. The summed E-state index contributed by atoms with van der Waals surface area (Å²) < 4.78 is 7.09. The fourth-order valence-corrected chi connectivity index (χ4v) is 4.03. The Morgan fingerprint density at radius 2 is 1.81 bits per heavy atom. The summed E-state index contributed by atoms with van der Waals surface area (Å²) >= 11 is 0. The predicted molar refractivity (Wildman–Crippen MR) is 129 cm³/mol. The summed E-state index contributed by atoms with van der Waals surface area (Å²) in [4.78, 5) is 35.8. The van der Waals surface area contributed by atoms with Crippen molar-refractivity contribution < 1.29 is 29.6 Å². The minimum Gasteiger partial charge on any atom is -0.481 e. The van der Waals surface area contributed by atoms with Crippen LogP contribution in [-0.4, -0.2) is 78.1 Å². The topological polar surface area (TPSA) is 198 Å². The van der Waals surface area contributed by atoms with Crippen LogP contribution in [0.3, 0.4) is 0 Å². The maximum atomic E-state index is 12.2. The van der Waals surface area contributed by atoms with E-state index in [1.807, 2.05) is 24.3 Å². The Kier molecular flexibility index (Phi) is 7.62. The third-order valence-corrected chi connectivity index (χ3v) is 5.92. The van der Waals surface area contributed by atoms with Crippen LogP contribution in [0.25, 0.3) is 11.2 Å². The predicted octanol–water partition coefficient (Wildman–Crippen LogP) is -0.164. The van der Waals surface area contributed by atoms with Crippen molar-refractivity contribution in [3.05, 3.63) is 41.7 Å². The lowest BCUT2D eigenvalue weighted by Crippen LogP contribution is -2.42. The molecule has 4 atom stereocenters. The van der Waals surface area contributed by atoms with E-state index in [0.717, 1.165) is 11.1 Å². The number of nitrogens with one attached hydrogen (secondary N) is 2. The molecule has 3 aromatic rings. The zero-order valence-corrected chi connectivity index (χ0v) is 19.7. The minimum atomic E-state index is -1.42. The van der Waals surface area contributed by atoms with E-state index in [9.17, 15) is 19.8 Å². The fraction of sp³-hybridized carbons (Fsp3) is 0.435. The van der Waals surface area contributed by atoms with Gasteiger partial charge in [0, 0.05) is 19.5 Å². The highest BCUT2D eigenvalue weighted by atomic mass is 16.6. The van der Waals surface area contributed by atoms with Gasteiger partial charge in [-0.3, -0.25) is 14.2 Å². The van der Waals surface area contributed by atoms with Gasteiger partial charge in [0.05, 0.1) is 6.33 Å². The summed E-state index contributed by atoms with van der Waals surface area (Å²) in [5.74, 6) is -0.985. The van der Waals surface area contributed by atoms with Crippen LogP contribution in [0.15, 0.2) is 30.6 Å². The number of carboxylic acid groups (broad SMARTS) is 1. The molecule has 0 aliphatic carbocycles. The normalized spacial score (nSPS) is 21.5. The van der Waals surface area contributed by atoms with Crippen molar-refractivity contribution in [1.82, 2.24) is 24.8 Å². The first-order valence-electron chi connectivity index (χ1n) is 11.6. The van der Waals surface area contributed by atoms with Gasteiger partial charge in [-0.1, -0.05) is 24.3 Å². The number of carboxylic acids is 1. The molecule has 0 spiro atoms. The summed E-state index contributed by atoms with van der Waals surface area (Å²) in [5.41, 5.74) is 8.65. The van der Waals surface area contributed by atoms with Gasteiger partial charge >= 0.3 is 5.97 Å².